The van der Waals surface area contributed by atoms with Gasteiger partial charge in [-0.05, 0) is 86.4 Å². The molecule has 3 aromatic rings. The van der Waals surface area contributed by atoms with E-state index < -0.39 is 42.3 Å². The number of methoxy groups -OCH3 is 1. The van der Waals surface area contributed by atoms with E-state index in [1.54, 1.807) is 62.4 Å². The Balaban J connectivity index is 1.02. The molecule has 1 unspecified atom stereocenters. The van der Waals surface area contributed by atoms with Gasteiger partial charge in [0.2, 0.25) is 11.8 Å². The molecule has 4 aliphatic rings. The lowest BCUT2D eigenvalue weighted by Crippen LogP contribution is -2.52. The van der Waals surface area contributed by atoms with Crippen molar-refractivity contribution < 1.29 is 48.0 Å². The maximum Gasteiger partial charge on any atom is 0.416 e. The molecule has 364 valence electrons. The number of amides is 5. The molecule has 0 saturated heterocycles. The molecule has 69 heavy (non-hydrogen) atoms. The Kier molecular flexibility index (Phi) is 15.7. The first-order chi connectivity index (χ1) is 33.1. The number of nitrogens with one attached hydrogen (secondary N) is 2. The van der Waals surface area contributed by atoms with E-state index in [4.69, 9.17) is 24.7 Å². The zero-order valence-electron chi connectivity index (χ0n) is 40.1. The number of aliphatic hydroxyl groups excluding tert-OH is 1. The molecule has 0 saturated carbocycles. The average Bonchev–Trinajstić information content (AvgIpc) is 3.90. The topological polar surface area (TPSA) is 215 Å². The van der Waals surface area contributed by atoms with Gasteiger partial charge < -0.3 is 50.2 Å². The molecule has 0 aliphatic carbocycles. The normalized spacial score (nSPS) is 19.3. The molecule has 17 nitrogen and oxygen atoms in total. The molecule has 0 fully saturated rings. The van der Waals surface area contributed by atoms with Crippen molar-refractivity contribution in [3.8, 4) is 17.2 Å². The number of aryl methyl sites for hydroxylation is 1. The fourth-order valence-electron chi connectivity index (χ4n) is 8.64. The van der Waals surface area contributed by atoms with Gasteiger partial charge in [-0.15, -0.1) is 0 Å². The SMILES string of the molecule is C/C=C/C1=CN2C(=O)c3cc(C)c(OCCCOc4cc5c(cc4OC)C(=O)N4C=C(/C=C/C)C[C@H]4[C@H](O)N5C(=O)OCc4ccc(CNC(C)C(=O)N[C@H](C(N)=O)C(C)C)cc4)cc3N=C[C@@H]2C1. The van der Waals surface area contributed by atoms with Crippen LogP contribution in [0.3, 0.4) is 0 Å². The van der Waals surface area contributed by atoms with E-state index in [9.17, 15) is 29.1 Å². The van der Waals surface area contributed by atoms with Gasteiger partial charge >= 0.3 is 6.09 Å². The van der Waals surface area contributed by atoms with Crippen LogP contribution in [0.4, 0.5) is 16.2 Å². The van der Waals surface area contributed by atoms with Gasteiger partial charge in [0, 0.05) is 43.7 Å². The molecule has 0 aromatic heterocycles. The standard InChI is InChI=1S/C52H61N7O10/c1-8-11-35-20-37-26-55-40-23-43(31(5)19-38(40)49(62)57(37)27-35)67-17-10-18-68-45-24-41-39(22-44(45)66-7)50(63)58-28-36(12-9-2)21-42(58)51(64)59(41)52(65)69-29-34-15-13-33(14-16-34)25-54-32(6)48(61)56-46(30(3)4)47(53)60/h8-9,11-16,19,22-24,26-28,30,32,37,42,46,51,54,64H,10,17-18,20-21,25,29H2,1-7H3,(H2,53,60)(H,56,61)/b11-8+,12-9+/t32?,37-,42-,46-,51-/m0/s1. The van der Waals surface area contributed by atoms with Crippen molar-refractivity contribution in [3.63, 3.8) is 0 Å². The Bertz CT molecular complexity index is 2620. The van der Waals surface area contributed by atoms with Gasteiger partial charge in [0.1, 0.15) is 18.4 Å². The predicted octanol–water partition coefficient (Wildman–Crippen LogP) is 6.50. The molecule has 4 aliphatic heterocycles. The zero-order valence-corrected chi connectivity index (χ0v) is 40.1. The van der Waals surface area contributed by atoms with Gasteiger partial charge in [-0.2, -0.15) is 0 Å². The Hall–Kier alpha value is -7.24. The average molecular weight is 944 g/mol. The molecule has 5 N–H and O–H groups in total. The first kappa shape index (κ1) is 49.7. The smallest absolute Gasteiger partial charge is 0.416 e. The van der Waals surface area contributed by atoms with Crippen LogP contribution in [-0.4, -0.2) is 102 Å². The summed E-state index contributed by atoms with van der Waals surface area (Å²) in [6.45, 7) is 11.6. The van der Waals surface area contributed by atoms with Crippen LogP contribution < -0.4 is 35.5 Å². The van der Waals surface area contributed by atoms with Crippen LogP contribution in [0.5, 0.6) is 17.2 Å². The van der Waals surface area contributed by atoms with Crippen LogP contribution >= 0.6 is 0 Å². The summed E-state index contributed by atoms with van der Waals surface area (Å²) >= 11 is 0. The molecule has 5 atom stereocenters. The van der Waals surface area contributed by atoms with Crippen LogP contribution in [0.1, 0.15) is 91.3 Å². The molecular formula is C52H61N7O10. The third-order valence-electron chi connectivity index (χ3n) is 12.4. The van der Waals surface area contributed by atoms with Gasteiger partial charge in [-0.3, -0.25) is 24.2 Å². The number of fused-ring (bicyclic) bond motifs is 4. The second kappa shape index (κ2) is 21.8. The summed E-state index contributed by atoms with van der Waals surface area (Å²) in [6.07, 6.45) is 12.0. The molecule has 5 amide bonds. The molecule has 17 heteroatoms. The summed E-state index contributed by atoms with van der Waals surface area (Å²) in [7, 11) is 1.45. The second-order valence-electron chi connectivity index (χ2n) is 17.7. The summed E-state index contributed by atoms with van der Waals surface area (Å²) in [4.78, 5) is 75.4. The van der Waals surface area contributed by atoms with Gasteiger partial charge in [0.25, 0.3) is 11.8 Å². The van der Waals surface area contributed by atoms with Gasteiger partial charge in [0.15, 0.2) is 17.7 Å². The third kappa shape index (κ3) is 11.1. The lowest BCUT2D eigenvalue weighted by Gasteiger charge is -2.31. The van der Waals surface area contributed by atoms with Crippen LogP contribution in [0.15, 0.2) is 101 Å². The summed E-state index contributed by atoms with van der Waals surface area (Å²) in [5, 5.41) is 17.8. The Morgan fingerprint density at radius 3 is 2.19 bits per heavy atom. The van der Waals surface area contributed by atoms with Crippen molar-refractivity contribution in [2.45, 2.75) is 104 Å². The van der Waals surface area contributed by atoms with E-state index in [-0.39, 0.29) is 72.8 Å². The number of hydrogen-bond acceptors (Lipinski definition) is 12. The Morgan fingerprint density at radius 2 is 1.52 bits per heavy atom. The number of primary amides is 1. The number of ether oxygens (including phenoxy) is 4. The molecular weight excluding hydrogens is 883 g/mol. The zero-order chi connectivity index (χ0) is 49.5. The van der Waals surface area contributed by atoms with E-state index in [1.807, 2.05) is 63.4 Å². The number of aliphatic imine (C=N–C) groups is 1. The number of aliphatic hydroxyl groups is 1. The van der Waals surface area contributed by atoms with Crippen molar-refractivity contribution in [2.75, 3.05) is 25.2 Å². The number of nitrogens with two attached hydrogens (primary N) is 1. The number of carbonyl (C=O) groups excluding carboxylic acids is 5. The summed E-state index contributed by atoms with van der Waals surface area (Å²) < 4.78 is 23.9. The van der Waals surface area contributed by atoms with Crippen molar-refractivity contribution in [2.24, 2.45) is 16.6 Å². The molecule has 3 aromatic carbocycles. The lowest BCUT2D eigenvalue weighted by molar-refractivity contribution is -0.129. The highest BCUT2D eigenvalue weighted by molar-refractivity contribution is 6.07. The van der Waals surface area contributed by atoms with Crippen molar-refractivity contribution >= 4 is 47.3 Å². The van der Waals surface area contributed by atoms with Crippen molar-refractivity contribution in [3.05, 3.63) is 124 Å². The number of carbonyl (C=O) groups is 5. The highest BCUT2D eigenvalue weighted by Crippen LogP contribution is 2.42. The molecule has 7 rings (SSSR count). The fourth-order valence-corrected chi connectivity index (χ4v) is 8.64. The monoisotopic (exact) mass is 943 g/mol. The first-order valence-corrected chi connectivity index (χ1v) is 23.2. The minimum Gasteiger partial charge on any atom is -0.493 e. The van der Waals surface area contributed by atoms with Crippen LogP contribution in [0.2, 0.25) is 0 Å². The molecule has 4 heterocycles. The van der Waals surface area contributed by atoms with Crippen molar-refractivity contribution in [1.29, 1.82) is 0 Å². The quantitative estimate of drug-likeness (QED) is 0.101. The Morgan fingerprint density at radius 1 is 0.870 bits per heavy atom. The number of allylic oxidation sites excluding steroid dienone is 4. The molecule has 0 radical (unpaired) electrons. The lowest BCUT2D eigenvalue weighted by atomic mass is 10.0. The van der Waals surface area contributed by atoms with E-state index in [0.29, 0.717) is 42.0 Å². The van der Waals surface area contributed by atoms with E-state index in [0.717, 1.165) is 27.2 Å². The van der Waals surface area contributed by atoms with Crippen LogP contribution in [0.25, 0.3) is 0 Å². The van der Waals surface area contributed by atoms with Gasteiger partial charge in [-0.1, -0.05) is 62.4 Å². The number of hydrogen-bond donors (Lipinski definition) is 4. The summed E-state index contributed by atoms with van der Waals surface area (Å²) in [6, 6.07) is 11.5. The molecule has 0 bridgehead atoms. The highest BCUT2D eigenvalue weighted by atomic mass is 16.6. The first-order valence-electron chi connectivity index (χ1n) is 23.2. The summed E-state index contributed by atoms with van der Waals surface area (Å²) in [5.74, 6) is -0.608. The fraction of sp³-hybridized carbons (Fsp3) is 0.385. The highest BCUT2D eigenvalue weighted by Gasteiger charge is 2.45. The number of anilines is 1. The van der Waals surface area contributed by atoms with Gasteiger partial charge in [-0.25, -0.2) is 9.69 Å². The number of nitrogens with zero attached hydrogens (tertiary/aromatic N) is 4. The minimum absolute atomic E-state index is 0.0831. The van der Waals surface area contributed by atoms with Crippen LogP contribution in [-0.2, 0) is 27.5 Å². The Labute approximate surface area is 402 Å². The van der Waals surface area contributed by atoms with E-state index in [1.165, 1.54) is 24.1 Å². The second-order valence-corrected chi connectivity index (χ2v) is 17.7. The third-order valence-corrected chi connectivity index (χ3v) is 12.4. The van der Waals surface area contributed by atoms with Crippen LogP contribution in [0, 0.1) is 12.8 Å². The predicted molar refractivity (Wildman–Crippen MR) is 260 cm³/mol. The van der Waals surface area contributed by atoms with Gasteiger partial charge in [0.05, 0.1) is 61.0 Å². The largest absolute Gasteiger partial charge is 0.493 e. The molecule has 0 spiro atoms. The number of benzene rings is 3. The maximum atomic E-state index is 14.3. The number of rotatable bonds is 18. The maximum absolute atomic E-state index is 14.3. The minimum atomic E-state index is -1.50. The van der Waals surface area contributed by atoms with E-state index >= 15 is 0 Å². The summed E-state index contributed by atoms with van der Waals surface area (Å²) in [5.41, 5.74) is 10.8. The van der Waals surface area contributed by atoms with Crippen molar-refractivity contribution in [1.82, 2.24) is 20.4 Å². The van der Waals surface area contributed by atoms with E-state index in [2.05, 4.69) is 15.6 Å².